The van der Waals surface area contributed by atoms with Crippen molar-refractivity contribution < 1.29 is 4.74 Å². The molecule has 0 aliphatic carbocycles. The van der Waals surface area contributed by atoms with Gasteiger partial charge in [-0.25, -0.2) is 4.98 Å². The van der Waals surface area contributed by atoms with Gasteiger partial charge in [-0.1, -0.05) is 17.7 Å². The van der Waals surface area contributed by atoms with Crippen molar-refractivity contribution in [2.24, 2.45) is 0 Å². The Balaban J connectivity index is 1.90. The molecule has 90 valence electrons. The summed E-state index contributed by atoms with van der Waals surface area (Å²) in [5, 5.41) is 2.63. The van der Waals surface area contributed by atoms with Gasteiger partial charge < -0.3 is 4.74 Å². The van der Waals surface area contributed by atoms with Crippen molar-refractivity contribution in [1.82, 2.24) is 4.98 Å². The van der Waals surface area contributed by atoms with E-state index in [0.717, 1.165) is 6.42 Å². The van der Waals surface area contributed by atoms with Crippen LogP contribution >= 0.6 is 34.5 Å². The molecule has 2 aromatic rings. The van der Waals surface area contributed by atoms with Crippen LogP contribution in [0.15, 0.2) is 29.6 Å². The predicted molar refractivity (Wildman–Crippen MR) is 72.3 cm³/mol. The van der Waals surface area contributed by atoms with E-state index in [1.807, 2.05) is 6.07 Å². The van der Waals surface area contributed by atoms with Crippen LogP contribution in [0.2, 0.25) is 5.02 Å². The number of hydrogen-bond donors (Lipinski definition) is 0. The molecular formula is C12H11Cl2NOS. The lowest BCUT2D eigenvalue weighted by atomic mass is 10.3. The van der Waals surface area contributed by atoms with Gasteiger partial charge in [0.25, 0.3) is 0 Å². The van der Waals surface area contributed by atoms with E-state index in [1.54, 1.807) is 23.5 Å². The highest BCUT2D eigenvalue weighted by atomic mass is 35.5. The Labute approximate surface area is 114 Å². The molecule has 0 saturated carbocycles. The van der Waals surface area contributed by atoms with Crippen LogP contribution in [-0.2, 0) is 12.3 Å². The number of pyridine rings is 1. The van der Waals surface area contributed by atoms with Crippen LogP contribution < -0.4 is 4.74 Å². The van der Waals surface area contributed by atoms with Crippen LogP contribution in [0.5, 0.6) is 5.88 Å². The van der Waals surface area contributed by atoms with Gasteiger partial charge in [-0.2, -0.15) is 0 Å². The van der Waals surface area contributed by atoms with E-state index in [1.165, 1.54) is 4.88 Å². The quantitative estimate of drug-likeness (QED) is 0.771. The van der Waals surface area contributed by atoms with Crippen molar-refractivity contribution in [2.45, 2.75) is 12.3 Å². The fourth-order valence-electron chi connectivity index (χ4n) is 1.35. The summed E-state index contributed by atoms with van der Waals surface area (Å²) in [4.78, 5) is 5.53. The van der Waals surface area contributed by atoms with Gasteiger partial charge in [0.1, 0.15) is 0 Å². The molecule has 5 heteroatoms. The third-order valence-corrected chi connectivity index (χ3v) is 3.73. The zero-order valence-corrected chi connectivity index (χ0v) is 11.4. The zero-order valence-electron chi connectivity index (χ0n) is 9.03. The highest BCUT2D eigenvalue weighted by molar-refractivity contribution is 7.09. The van der Waals surface area contributed by atoms with Gasteiger partial charge >= 0.3 is 0 Å². The number of halogens is 2. The van der Waals surface area contributed by atoms with Crippen LogP contribution in [-0.4, -0.2) is 11.6 Å². The molecule has 0 amide bonds. The molecule has 0 aromatic carbocycles. The van der Waals surface area contributed by atoms with Crippen molar-refractivity contribution >= 4 is 34.5 Å². The van der Waals surface area contributed by atoms with Crippen molar-refractivity contribution in [1.29, 1.82) is 0 Å². The number of ether oxygens (including phenoxy) is 1. The van der Waals surface area contributed by atoms with Crippen LogP contribution in [0.25, 0.3) is 0 Å². The van der Waals surface area contributed by atoms with Crippen LogP contribution in [0, 0.1) is 0 Å². The van der Waals surface area contributed by atoms with Gasteiger partial charge in [0.15, 0.2) is 0 Å². The fourth-order valence-corrected chi connectivity index (χ4v) is 2.48. The fraction of sp³-hybridized carbons (Fsp3) is 0.250. The molecule has 0 radical (unpaired) electrons. The minimum Gasteiger partial charge on any atom is -0.477 e. The third kappa shape index (κ3) is 3.60. The normalized spacial score (nSPS) is 10.5. The largest absolute Gasteiger partial charge is 0.477 e. The van der Waals surface area contributed by atoms with Crippen LogP contribution in [0.4, 0.5) is 0 Å². The predicted octanol–water partition coefficient (Wildman–Crippen LogP) is 4.16. The van der Waals surface area contributed by atoms with Gasteiger partial charge in [-0.05, 0) is 17.5 Å². The summed E-state index contributed by atoms with van der Waals surface area (Å²) in [7, 11) is 0. The number of alkyl halides is 1. The number of thiophene rings is 1. The SMILES string of the molecule is ClCc1nc(OCCc2cccs2)ccc1Cl. The summed E-state index contributed by atoms with van der Waals surface area (Å²) in [6.45, 7) is 0.608. The first kappa shape index (κ1) is 12.7. The van der Waals surface area contributed by atoms with Crippen molar-refractivity contribution in [3.8, 4) is 5.88 Å². The Morgan fingerprint density at radius 3 is 2.88 bits per heavy atom. The lowest BCUT2D eigenvalue weighted by molar-refractivity contribution is 0.310. The van der Waals surface area contributed by atoms with Gasteiger partial charge in [0.2, 0.25) is 5.88 Å². The highest BCUT2D eigenvalue weighted by Gasteiger charge is 2.03. The molecule has 0 unspecified atom stereocenters. The second kappa shape index (κ2) is 6.24. The second-order valence-corrected chi connectivity index (χ2v) is 5.10. The maximum Gasteiger partial charge on any atom is 0.213 e. The molecule has 2 rings (SSSR count). The molecule has 17 heavy (non-hydrogen) atoms. The van der Waals surface area contributed by atoms with Gasteiger partial charge in [0, 0.05) is 17.4 Å². The molecule has 2 heterocycles. The van der Waals surface area contributed by atoms with E-state index < -0.39 is 0 Å². The lowest BCUT2D eigenvalue weighted by Gasteiger charge is -2.06. The zero-order chi connectivity index (χ0) is 12.1. The average Bonchev–Trinajstić information content (AvgIpc) is 2.84. The van der Waals surface area contributed by atoms with E-state index in [-0.39, 0.29) is 0 Å². The summed E-state index contributed by atoms with van der Waals surface area (Å²) < 4.78 is 5.56. The first-order valence-corrected chi connectivity index (χ1v) is 6.95. The van der Waals surface area contributed by atoms with Crippen LogP contribution in [0.3, 0.4) is 0 Å². The smallest absolute Gasteiger partial charge is 0.213 e. The van der Waals surface area contributed by atoms with E-state index in [2.05, 4.69) is 16.4 Å². The maximum atomic E-state index is 5.91. The Kier molecular flexibility index (Phi) is 4.66. The molecule has 0 aliphatic heterocycles. The topological polar surface area (TPSA) is 22.1 Å². The Morgan fingerprint density at radius 1 is 1.29 bits per heavy atom. The molecule has 0 saturated heterocycles. The van der Waals surface area contributed by atoms with Crippen molar-refractivity contribution in [3.63, 3.8) is 0 Å². The first-order valence-electron chi connectivity index (χ1n) is 5.16. The summed E-state index contributed by atoms with van der Waals surface area (Å²) in [5.74, 6) is 0.864. The average molecular weight is 288 g/mol. The molecule has 0 bridgehead atoms. The number of rotatable bonds is 5. The molecule has 0 atom stereocenters. The second-order valence-electron chi connectivity index (χ2n) is 3.39. The number of hydrogen-bond acceptors (Lipinski definition) is 3. The van der Waals surface area contributed by atoms with E-state index >= 15 is 0 Å². The van der Waals surface area contributed by atoms with Gasteiger partial charge in [0.05, 0.1) is 23.2 Å². The summed E-state index contributed by atoms with van der Waals surface area (Å²) in [5.41, 5.74) is 0.655. The number of nitrogens with zero attached hydrogens (tertiary/aromatic N) is 1. The third-order valence-electron chi connectivity index (χ3n) is 2.20. The maximum absolute atomic E-state index is 5.91. The first-order chi connectivity index (χ1) is 8.29. The highest BCUT2D eigenvalue weighted by Crippen LogP contribution is 2.19. The van der Waals surface area contributed by atoms with Gasteiger partial charge in [-0.3, -0.25) is 0 Å². The van der Waals surface area contributed by atoms with Gasteiger partial charge in [-0.15, -0.1) is 22.9 Å². The Hall–Kier alpha value is -0.770. The van der Waals surface area contributed by atoms with Crippen LogP contribution in [0.1, 0.15) is 10.6 Å². The molecule has 0 N–H and O–H groups in total. The Bertz CT molecular complexity index is 473. The molecule has 0 spiro atoms. The standard InChI is InChI=1S/C12H11Cl2NOS/c13-8-11-10(14)3-4-12(15-11)16-6-5-9-2-1-7-17-9/h1-4,7H,5-6,8H2. The van der Waals surface area contributed by atoms with Crippen molar-refractivity contribution in [3.05, 3.63) is 45.2 Å². The summed E-state index contributed by atoms with van der Waals surface area (Å²) in [6, 6.07) is 7.64. The minimum absolute atomic E-state index is 0.293. The molecule has 2 nitrogen and oxygen atoms in total. The molecule has 0 fully saturated rings. The lowest BCUT2D eigenvalue weighted by Crippen LogP contribution is -2.02. The van der Waals surface area contributed by atoms with E-state index in [9.17, 15) is 0 Å². The summed E-state index contributed by atoms with van der Waals surface area (Å²) >= 11 is 13.4. The van der Waals surface area contributed by atoms with E-state index in [4.69, 9.17) is 27.9 Å². The molecule has 2 aromatic heterocycles. The van der Waals surface area contributed by atoms with Crippen molar-refractivity contribution in [2.75, 3.05) is 6.61 Å². The van der Waals surface area contributed by atoms with E-state index in [0.29, 0.717) is 29.1 Å². The molecule has 0 aliphatic rings. The Morgan fingerprint density at radius 2 is 2.18 bits per heavy atom. The number of aromatic nitrogens is 1. The monoisotopic (exact) mass is 287 g/mol. The molecular weight excluding hydrogens is 277 g/mol. The minimum atomic E-state index is 0.293. The summed E-state index contributed by atoms with van der Waals surface area (Å²) in [6.07, 6.45) is 0.887.